The maximum absolute atomic E-state index is 11.5. The molecule has 5 nitrogen and oxygen atoms in total. The first kappa shape index (κ1) is 13.4. The quantitative estimate of drug-likeness (QED) is 0.719. The second kappa shape index (κ2) is 6.80. The van der Waals surface area contributed by atoms with E-state index in [1.807, 2.05) is 0 Å². The van der Waals surface area contributed by atoms with Crippen LogP contribution in [0.2, 0.25) is 0 Å². The zero-order chi connectivity index (χ0) is 12.7. The molecule has 0 bridgehead atoms. The molecular formula is C11H13NO4S. The van der Waals surface area contributed by atoms with Crippen LogP contribution in [0.15, 0.2) is 17.5 Å². The van der Waals surface area contributed by atoms with E-state index in [2.05, 4.69) is 5.32 Å². The van der Waals surface area contributed by atoms with Crippen molar-refractivity contribution >= 4 is 29.0 Å². The van der Waals surface area contributed by atoms with Crippen LogP contribution >= 0.6 is 11.3 Å². The van der Waals surface area contributed by atoms with Crippen LogP contribution in [0.3, 0.4) is 0 Å². The third-order valence-electron chi connectivity index (χ3n) is 2.04. The third-order valence-corrected chi connectivity index (χ3v) is 2.95. The highest BCUT2D eigenvalue weighted by Crippen LogP contribution is 2.12. The molecular weight excluding hydrogens is 242 g/mol. The van der Waals surface area contributed by atoms with Crippen molar-refractivity contribution in [2.75, 3.05) is 6.54 Å². The first-order valence-corrected chi connectivity index (χ1v) is 6.03. The van der Waals surface area contributed by atoms with Crippen molar-refractivity contribution in [2.45, 2.75) is 19.3 Å². The van der Waals surface area contributed by atoms with Gasteiger partial charge in [-0.05, 0) is 11.4 Å². The Bertz CT molecular complexity index is 400. The molecule has 17 heavy (non-hydrogen) atoms. The van der Waals surface area contributed by atoms with Gasteiger partial charge in [-0.25, -0.2) is 0 Å². The van der Waals surface area contributed by atoms with Crippen molar-refractivity contribution in [3.63, 3.8) is 0 Å². The number of ketones is 1. The number of carboxylic acids is 1. The zero-order valence-corrected chi connectivity index (χ0v) is 9.96. The molecule has 0 atom stereocenters. The second-order valence-electron chi connectivity index (χ2n) is 3.39. The van der Waals surface area contributed by atoms with E-state index >= 15 is 0 Å². The molecule has 0 spiro atoms. The molecule has 0 saturated heterocycles. The lowest BCUT2D eigenvalue weighted by Gasteiger charge is -2.02. The summed E-state index contributed by atoms with van der Waals surface area (Å²) in [4.78, 5) is 33.6. The highest BCUT2D eigenvalue weighted by Gasteiger charge is 2.09. The van der Waals surface area contributed by atoms with Gasteiger partial charge in [0.1, 0.15) is 0 Å². The smallest absolute Gasteiger partial charge is 0.305 e. The summed E-state index contributed by atoms with van der Waals surface area (Å²) in [5.41, 5.74) is 0. The molecule has 0 radical (unpaired) electrons. The van der Waals surface area contributed by atoms with Gasteiger partial charge in [-0.15, -0.1) is 11.3 Å². The molecule has 1 amide bonds. The Balaban J connectivity index is 2.20. The number of carboxylic acid groups (broad SMARTS) is 1. The molecule has 1 aromatic rings. The Hall–Kier alpha value is -1.69. The molecule has 0 unspecified atom stereocenters. The second-order valence-corrected chi connectivity index (χ2v) is 4.34. The lowest BCUT2D eigenvalue weighted by Crippen LogP contribution is -2.26. The minimum Gasteiger partial charge on any atom is -0.481 e. The fraction of sp³-hybridized carbons (Fsp3) is 0.364. The molecule has 1 heterocycles. The molecule has 2 N–H and O–H groups in total. The third kappa shape index (κ3) is 5.26. The molecule has 1 rings (SSSR count). The van der Waals surface area contributed by atoms with E-state index in [-0.39, 0.29) is 37.5 Å². The molecule has 0 aromatic carbocycles. The van der Waals surface area contributed by atoms with E-state index in [1.165, 1.54) is 11.3 Å². The summed E-state index contributed by atoms with van der Waals surface area (Å²) in [6.45, 7) is 0.0986. The molecule has 0 aliphatic heterocycles. The predicted molar refractivity (Wildman–Crippen MR) is 63.1 cm³/mol. The Morgan fingerprint density at radius 1 is 1.24 bits per heavy atom. The minimum atomic E-state index is -0.958. The number of aliphatic carboxylic acids is 1. The van der Waals surface area contributed by atoms with Gasteiger partial charge in [0.25, 0.3) is 0 Å². The van der Waals surface area contributed by atoms with Crippen molar-refractivity contribution in [3.05, 3.63) is 22.4 Å². The van der Waals surface area contributed by atoms with Crippen molar-refractivity contribution in [1.82, 2.24) is 5.32 Å². The normalized spacial score (nSPS) is 9.88. The van der Waals surface area contributed by atoms with Crippen molar-refractivity contribution in [2.24, 2.45) is 0 Å². The predicted octanol–water partition coefficient (Wildman–Crippen LogP) is 1.30. The van der Waals surface area contributed by atoms with Crippen LogP contribution in [0.25, 0.3) is 0 Å². The number of hydrogen-bond donors (Lipinski definition) is 2. The maximum atomic E-state index is 11.5. The average Bonchev–Trinajstić information content (AvgIpc) is 2.78. The van der Waals surface area contributed by atoms with E-state index in [4.69, 9.17) is 5.11 Å². The van der Waals surface area contributed by atoms with Gasteiger partial charge >= 0.3 is 5.97 Å². The van der Waals surface area contributed by atoms with Gasteiger partial charge < -0.3 is 10.4 Å². The number of amides is 1. The Labute approximate surface area is 102 Å². The van der Waals surface area contributed by atoms with Crippen molar-refractivity contribution in [1.29, 1.82) is 0 Å². The van der Waals surface area contributed by atoms with Crippen LogP contribution < -0.4 is 5.32 Å². The number of carbonyl (C=O) groups excluding carboxylic acids is 2. The fourth-order valence-electron chi connectivity index (χ4n) is 1.18. The van der Waals surface area contributed by atoms with Gasteiger partial charge in [-0.2, -0.15) is 0 Å². The monoisotopic (exact) mass is 255 g/mol. The van der Waals surface area contributed by atoms with Crippen LogP contribution in [0.1, 0.15) is 28.9 Å². The minimum absolute atomic E-state index is 0.0617. The highest BCUT2D eigenvalue weighted by molar-refractivity contribution is 7.12. The van der Waals surface area contributed by atoms with Gasteiger partial charge in [0.2, 0.25) is 5.91 Å². The Morgan fingerprint density at radius 3 is 2.59 bits per heavy atom. The van der Waals surface area contributed by atoms with Crippen molar-refractivity contribution < 1.29 is 19.5 Å². The summed E-state index contributed by atoms with van der Waals surface area (Å²) in [7, 11) is 0. The number of nitrogens with one attached hydrogen (secondary N) is 1. The first-order chi connectivity index (χ1) is 8.09. The molecule has 0 aliphatic rings. The molecule has 92 valence electrons. The standard InChI is InChI=1S/C11H13NO4S/c13-8(9-2-1-7-17-9)3-4-10(14)12-6-5-11(15)16/h1-2,7H,3-6H2,(H,12,14)(H,15,16). The summed E-state index contributed by atoms with van der Waals surface area (Å²) in [5, 5.41) is 12.6. The van der Waals surface area contributed by atoms with Gasteiger partial charge in [-0.1, -0.05) is 6.07 Å². The summed E-state index contributed by atoms with van der Waals surface area (Å²) in [6, 6.07) is 3.50. The molecule has 1 aromatic heterocycles. The van der Waals surface area contributed by atoms with Gasteiger partial charge in [-0.3, -0.25) is 14.4 Å². The summed E-state index contributed by atoms with van der Waals surface area (Å²) in [6.07, 6.45) is 0.139. The van der Waals surface area contributed by atoms with Crippen LogP contribution in [0.5, 0.6) is 0 Å². The molecule has 0 aliphatic carbocycles. The highest BCUT2D eigenvalue weighted by atomic mass is 32.1. The average molecular weight is 255 g/mol. The summed E-state index contributed by atoms with van der Waals surface area (Å²) >= 11 is 1.35. The van der Waals surface area contributed by atoms with Gasteiger partial charge in [0.05, 0.1) is 11.3 Å². The lowest BCUT2D eigenvalue weighted by molar-refractivity contribution is -0.136. The molecule has 0 saturated carbocycles. The van der Waals surface area contributed by atoms with E-state index in [0.29, 0.717) is 4.88 Å². The lowest BCUT2D eigenvalue weighted by atomic mass is 10.2. The van der Waals surface area contributed by atoms with Crippen LogP contribution in [0.4, 0.5) is 0 Å². The number of thiophene rings is 1. The van der Waals surface area contributed by atoms with Crippen LogP contribution in [0, 0.1) is 0 Å². The molecule has 6 heteroatoms. The largest absolute Gasteiger partial charge is 0.481 e. The Kier molecular flexibility index (Phi) is 5.35. The van der Waals surface area contributed by atoms with Crippen molar-refractivity contribution in [3.8, 4) is 0 Å². The Morgan fingerprint density at radius 2 is 2.00 bits per heavy atom. The van der Waals surface area contributed by atoms with Gasteiger partial charge in [0, 0.05) is 19.4 Å². The number of hydrogen-bond acceptors (Lipinski definition) is 4. The van der Waals surface area contributed by atoms with Crippen LogP contribution in [-0.4, -0.2) is 29.3 Å². The van der Waals surface area contributed by atoms with E-state index in [1.54, 1.807) is 17.5 Å². The van der Waals surface area contributed by atoms with Gasteiger partial charge in [0.15, 0.2) is 5.78 Å². The molecule has 0 fully saturated rings. The number of rotatable bonds is 7. The number of carbonyl (C=O) groups is 3. The van der Waals surface area contributed by atoms with E-state index < -0.39 is 5.97 Å². The van der Waals surface area contributed by atoms with Crippen LogP contribution in [-0.2, 0) is 9.59 Å². The summed E-state index contributed by atoms with van der Waals surface area (Å²) in [5.74, 6) is -1.32. The van der Waals surface area contributed by atoms with E-state index in [0.717, 1.165) is 0 Å². The summed E-state index contributed by atoms with van der Waals surface area (Å²) < 4.78 is 0. The zero-order valence-electron chi connectivity index (χ0n) is 9.14. The first-order valence-electron chi connectivity index (χ1n) is 5.15. The SMILES string of the molecule is O=C(O)CCNC(=O)CCC(=O)c1cccs1. The fourth-order valence-corrected chi connectivity index (χ4v) is 1.88. The number of Topliss-reactive ketones (excluding diaryl/α,β-unsaturated/α-hetero) is 1. The maximum Gasteiger partial charge on any atom is 0.305 e. The van der Waals surface area contributed by atoms with E-state index in [9.17, 15) is 14.4 Å². The topological polar surface area (TPSA) is 83.5 Å².